The van der Waals surface area contributed by atoms with Crippen molar-refractivity contribution in [1.82, 2.24) is 14.5 Å². The molecule has 37 heavy (non-hydrogen) atoms. The number of hydrogen-bond acceptors (Lipinski definition) is 3. The number of hydrogen-bond donors (Lipinski definition) is 1. The van der Waals surface area contributed by atoms with Gasteiger partial charge >= 0.3 is 6.03 Å². The van der Waals surface area contributed by atoms with Gasteiger partial charge in [0.2, 0.25) is 0 Å². The molecule has 1 atom stereocenters. The van der Waals surface area contributed by atoms with Crippen LogP contribution >= 0.6 is 0 Å². The van der Waals surface area contributed by atoms with E-state index in [1.165, 1.54) is 0 Å². The van der Waals surface area contributed by atoms with Gasteiger partial charge in [-0.2, -0.15) is 0 Å². The molecule has 3 aromatic carbocycles. The first kappa shape index (κ1) is 26.1. The molecular formula is C31H36N4O2. The van der Waals surface area contributed by atoms with Crippen LogP contribution in [0.1, 0.15) is 75.0 Å². The summed E-state index contributed by atoms with van der Waals surface area (Å²) in [5, 5.41) is 3.73. The summed E-state index contributed by atoms with van der Waals surface area (Å²) in [6.45, 7) is 12.4. The molecule has 0 fully saturated rings. The minimum atomic E-state index is -0.480. The van der Waals surface area contributed by atoms with Gasteiger partial charge in [0.25, 0.3) is 5.56 Å². The molecule has 0 aliphatic rings. The number of aromatic nitrogens is 2. The zero-order valence-electron chi connectivity index (χ0n) is 22.7. The van der Waals surface area contributed by atoms with Crippen LogP contribution < -0.4 is 10.9 Å². The van der Waals surface area contributed by atoms with Crippen molar-refractivity contribution in [2.45, 2.75) is 59.4 Å². The lowest BCUT2D eigenvalue weighted by atomic mass is 9.93. The van der Waals surface area contributed by atoms with E-state index in [0.717, 1.165) is 28.1 Å². The lowest BCUT2D eigenvalue weighted by molar-refractivity contribution is 0.205. The number of fused-ring (bicyclic) bond motifs is 1. The van der Waals surface area contributed by atoms with Crippen LogP contribution in [0.3, 0.4) is 0 Å². The fourth-order valence-corrected chi connectivity index (χ4v) is 4.69. The average molecular weight is 497 g/mol. The second kappa shape index (κ2) is 10.6. The fourth-order valence-electron chi connectivity index (χ4n) is 4.69. The van der Waals surface area contributed by atoms with E-state index in [0.29, 0.717) is 16.7 Å². The maximum atomic E-state index is 13.7. The zero-order chi connectivity index (χ0) is 26.9. The highest BCUT2D eigenvalue weighted by molar-refractivity contribution is 5.91. The van der Waals surface area contributed by atoms with Crippen LogP contribution in [0.5, 0.6) is 0 Å². The number of carbonyl (C=O) groups excluding carboxylic acids is 1. The van der Waals surface area contributed by atoms with E-state index in [1.807, 2.05) is 62.4 Å². The van der Waals surface area contributed by atoms with Gasteiger partial charge in [0.15, 0.2) is 0 Å². The van der Waals surface area contributed by atoms with Gasteiger partial charge in [-0.25, -0.2) is 9.78 Å². The van der Waals surface area contributed by atoms with Crippen molar-refractivity contribution >= 4 is 22.6 Å². The fraction of sp³-hybridized carbons (Fsp3) is 0.323. The number of rotatable bonds is 6. The Kier molecular flexibility index (Phi) is 7.48. The largest absolute Gasteiger partial charge is 0.322 e. The van der Waals surface area contributed by atoms with E-state index in [1.54, 1.807) is 22.6 Å². The Hall–Kier alpha value is -3.93. The number of anilines is 1. The normalized spacial score (nSPS) is 12.2. The Morgan fingerprint density at radius 2 is 1.51 bits per heavy atom. The second-order valence-corrected chi connectivity index (χ2v) is 10.3. The molecular weight excluding hydrogens is 460 g/mol. The minimum absolute atomic E-state index is 0.154. The smallest absolute Gasteiger partial charge is 0.318 e. The quantitative estimate of drug-likeness (QED) is 0.308. The molecule has 0 bridgehead atoms. The number of benzene rings is 3. The molecule has 4 aromatic rings. The van der Waals surface area contributed by atoms with Gasteiger partial charge in [-0.3, -0.25) is 9.36 Å². The zero-order valence-corrected chi connectivity index (χ0v) is 22.7. The highest BCUT2D eigenvalue weighted by Crippen LogP contribution is 2.33. The molecule has 1 aromatic heterocycles. The van der Waals surface area contributed by atoms with Crippen LogP contribution in [-0.2, 0) is 0 Å². The highest BCUT2D eigenvalue weighted by Gasteiger charge is 2.26. The van der Waals surface area contributed by atoms with Gasteiger partial charge in [-0.1, -0.05) is 70.2 Å². The number of carbonyl (C=O) groups is 1. The third-order valence-corrected chi connectivity index (χ3v) is 6.94. The summed E-state index contributed by atoms with van der Waals surface area (Å²) < 4.78 is 1.63. The lowest BCUT2D eigenvalue weighted by Gasteiger charge is -2.29. The summed E-state index contributed by atoms with van der Waals surface area (Å²) in [6, 6.07) is 20.6. The minimum Gasteiger partial charge on any atom is -0.318 e. The number of nitrogens with zero attached hydrogens (tertiary/aromatic N) is 3. The maximum absolute atomic E-state index is 13.7. The molecule has 1 unspecified atom stereocenters. The monoisotopic (exact) mass is 496 g/mol. The molecule has 2 amide bonds. The van der Waals surface area contributed by atoms with E-state index in [9.17, 15) is 9.59 Å². The first-order valence-corrected chi connectivity index (χ1v) is 12.9. The average Bonchev–Trinajstić information content (AvgIpc) is 2.87. The molecule has 1 heterocycles. The highest BCUT2D eigenvalue weighted by atomic mass is 16.2. The molecule has 0 aliphatic heterocycles. The van der Waals surface area contributed by atoms with Gasteiger partial charge in [-0.15, -0.1) is 0 Å². The van der Waals surface area contributed by atoms with Crippen LogP contribution in [0.2, 0.25) is 0 Å². The van der Waals surface area contributed by atoms with Crippen molar-refractivity contribution in [1.29, 1.82) is 0 Å². The first-order valence-electron chi connectivity index (χ1n) is 12.9. The molecule has 4 rings (SSSR count). The topological polar surface area (TPSA) is 67.2 Å². The molecule has 0 saturated heterocycles. The van der Waals surface area contributed by atoms with E-state index in [4.69, 9.17) is 4.98 Å². The van der Waals surface area contributed by atoms with E-state index in [2.05, 4.69) is 45.1 Å². The Morgan fingerprint density at radius 3 is 2.14 bits per heavy atom. The third kappa shape index (κ3) is 5.15. The van der Waals surface area contributed by atoms with Crippen molar-refractivity contribution in [3.05, 3.63) is 99.6 Å². The summed E-state index contributed by atoms with van der Waals surface area (Å²) in [7, 11) is 1.75. The van der Waals surface area contributed by atoms with Gasteiger partial charge in [0, 0.05) is 12.7 Å². The first-order chi connectivity index (χ1) is 17.6. The van der Waals surface area contributed by atoms with Crippen LogP contribution in [-0.4, -0.2) is 27.5 Å². The number of nitrogens with one attached hydrogen (secondary N) is 1. The SMILES string of the molecule is Cc1cccc(-n2c(C(C)N(C)C(=O)Nc3c(C(C)C)cccc3C(C)C)nc3ccccc3c2=O)c1. The Balaban J connectivity index is 1.79. The molecule has 6 heteroatoms. The summed E-state index contributed by atoms with van der Waals surface area (Å²) in [5.41, 5.74) is 5.28. The molecule has 0 saturated carbocycles. The van der Waals surface area contributed by atoms with Gasteiger partial charge in [0.1, 0.15) is 5.82 Å². The number of para-hydroxylation sites is 2. The van der Waals surface area contributed by atoms with Crippen molar-refractivity contribution in [2.24, 2.45) is 0 Å². The molecule has 6 nitrogen and oxygen atoms in total. The van der Waals surface area contributed by atoms with Crippen molar-refractivity contribution in [3.63, 3.8) is 0 Å². The van der Waals surface area contributed by atoms with E-state index in [-0.39, 0.29) is 23.4 Å². The summed E-state index contributed by atoms with van der Waals surface area (Å²) in [4.78, 5) is 33.8. The Labute approximate surface area is 219 Å². The maximum Gasteiger partial charge on any atom is 0.322 e. The number of aryl methyl sites for hydroxylation is 1. The standard InChI is InChI=1S/C31H36N4O2/c1-19(2)24-15-11-16-25(20(3)4)28(24)33-31(37)34(7)22(6)29-32-27-17-9-8-14-26(27)30(36)35(29)23-13-10-12-21(5)18-23/h8-20,22H,1-7H3,(H,33,37). The van der Waals surface area contributed by atoms with Crippen molar-refractivity contribution in [2.75, 3.05) is 12.4 Å². The molecule has 192 valence electrons. The molecule has 1 N–H and O–H groups in total. The summed E-state index contributed by atoms with van der Waals surface area (Å²) in [5.74, 6) is 1.02. The lowest BCUT2D eigenvalue weighted by Crippen LogP contribution is -2.37. The Morgan fingerprint density at radius 1 is 0.892 bits per heavy atom. The van der Waals surface area contributed by atoms with Crippen LogP contribution in [0.25, 0.3) is 16.6 Å². The Bertz CT molecular complexity index is 1480. The van der Waals surface area contributed by atoms with Crippen molar-refractivity contribution in [3.8, 4) is 5.69 Å². The number of urea groups is 1. The summed E-state index contributed by atoms with van der Waals surface area (Å²) >= 11 is 0. The number of amides is 2. The van der Waals surface area contributed by atoms with Gasteiger partial charge in [0.05, 0.1) is 22.6 Å². The van der Waals surface area contributed by atoms with Crippen LogP contribution in [0, 0.1) is 6.92 Å². The van der Waals surface area contributed by atoms with E-state index >= 15 is 0 Å². The van der Waals surface area contributed by atoms with E-state index < -0.39 is 6.04 Å². The van der Waals surface area contributed by atoms with Gasteiger partial charge in [-0.05, 0) is 66.6 Å². The molecule has 0 aliphatic carbocycles. The van der Waals surface area contributed by atoms with Crippen LogP contribution in [0.4, 0.5) is 10.5 Å². The molecule has 0 spiro atoms. The predicted octanol–water partition coefficient (Wildman–Crippen LogP) is 7.17. The van der Waals surface area contributed by atoms with Gasteiger partial charge < -0.3 is 10.2 Å². The predicted molar refractivity (Wildman–Crippen MR) is 152 cm³/mol. The second-order valence-electron chi connectivity index (χ2n) is 10.3. The third-order valence-electron chi connectivity index (χ3n) is 6.94. The van der Waals surface area contributed by atoms with Crippen molar-refractivity contribution < 1.29 is 4.79 Å². The molecule has 0 radical (unpaired) electrons. The summed E-state index contributed by atoms with van der Waals surface area (Å²) in [6.07, 6.45) is 0. The van der Waals surface area contributed by atoms with Crippen LogP contribution in [0.15, 0.2) is 71.5 Å².